The molecule has 6 nitrogen and oxygen atoms in total. The number of ether oxygens (including phenoxy) is 2. The third-order valence-electron chi connectivity index (χ3n) is 13.3. The number of rotatable bonds is 5. The number of likely N-dealkylation sites (tertiary alicyclic amines) is 2. The predicted octanol–water partition coefficient (Wildman–Crippen LogP) is 6.46. The lowest BCUT2D eigenvalue weighted by Gasteiger charge is -2.62. The lowest BCUT2D eigenvalue weighted by Crippen LogP contribution is -2.61. The lowest BCUT2D eigenvalue weighted by atomic mass is 9.44. The molecule has 2 saturated heterocycles. The molecule has 0 aromatic heterocycles. The van der Waals surface area contributed by atoms with Gasteiger partial charge in [0.2, 0.25) is 0 Å². The van der Waals surface area contributed by atoms with Gasteiger partial charge in [-0.3, -0.25) is 19.4 Å². The minimum atomic E-state index is -0.102. The van der Waals surface area contributed by atoms with E-state index in [-0.39, 0.29) is 40.9 Å². The smallest absolute Gasteiger partial charge is 0.308 e. The molecule has 41 heavy (non-hydrogen) atoms. The molecule has 2 aliphatic heterocycles. The Hall–Kier alpha value is -1.14. The maximum atomic E-state index is 12.9. The second-order valence-corrected chi connectivity index (χ2v) is 15.9. The Labute approximate surface area is 249 Å². The minimum absolute atomic E-state index is 0.0195. The second kappa shape index (κ2) is 11.7. The van der Waals surface area contributed by atoms with E-state index in [2.05, 4.69) is 23.6 Å². The van der Waals surface area contributed by atoms with E-state index in [9.17, 15) is 9.59 Å². The summed E-state index contributed by atoms with van der Waals surface area (Å²) in [6, 6.07) is 0.732. The Morgan fingerprint density at radius 2 is 1.39 bits per heavy atom. The molecule has 4 saturated carbocycles. The summed E-state index contributed by atoms with van der Waals surface area (Å²) in [6.45, 7) is 15.3. The van der Waals surface area contributed by atoms with Crippen molar-refractivity contribution in [1.82, 2.24) is 9.80 Å². The van der Waals surface area contributed by atoms with Gasteiger partial charge in [0.25, 0.3) is 0 Å². The Morgan fingerprint density at radius 1 is 0.756 bits per heavy atom. The molecule has 2 heterocycles. The van der Waals surface area contributed by atoms with Crippen molar-refractivity contribution in [1.29, 1.82) is 0 Å². The van der Waals surface area contributed by atoms with Crippen LogP contribution >= 0.6 is 0 Å². The molecule has 0 aromatic carbocycles. The van der Waals surface area contributed by atoms with Crippen molar-refractivity contribution in [2.75, 3.05) is 26.2 Å². The SMILES string of the molecule is CC(=O)O[C@H]1[C@@H](N2CCCCC2)C[C@H]2[C@@H]3CC[C@H]4C[C@H](OC(=O)C(C)C)[C@@H](N5CCCCC5)C[C@]4(C)[C@H]3CC[C@@]21C. The van der Waals surface area contributed by atoms with Gasteiger partial charge >= 0.3 is 11.9 Å². The van der Waals surface area contributed by atoms with E-state index in [1.54, 1.807) is 6.92 Å². The monoisotopic (exact) mass is 570 g/mol. The quantitative estimate of drug-likeness (QED) is 0.354. The van der Waals surface area contributed by atoms with E-state index in [0.29, 0.717) is 35.8 Å². The molecular weight excluding hydrogens is 512 g/mol. The molecule has 232 valence electrons. The van der Waals surface area contributed by atoms with E-state index in [4.69, 9.17) is 9.47 Å². The van der Waals surface area contributed by atoms with Crippen molar-refractivity contribution in [3.63, 3.8) is 0 Å². The topological polar surface area (TPSA) is 59.1 Å². The van der Waals surface area contributed by atoms with Gasteiger partial charge in [-0.15, -0.1) is 0 Å². The fraction of sp³-hybridized carbons (Fsp3) is 0.943. The van der Waals surface area contributed by atoms with Crippen molar-refractivity contribution >= 4 is 11.9 Å². The fourth-order valence-corrected chi connectivity index (χ4v) is 11.2. The largest absolute Gasteiger partial charge is 0.460 e. The van der Waals surface area contributed by atoms with Crippen LogP contribution in [-0.2, 0) is 19.1 Å². The zero-order valence-electron chi connectivity index (χ0n) is 26.7. The van der Waals surface area contributed by atoms with E-state index in [1.165, 1.54) is 77.0 Å². The van der Waals surface area contributed by atoms with Crippen molar-refractivity contribution in [2.24, 2.45) is 40.4 Å². The molecular formula is C35H58N2O4. The van der Waals surface area contributed by atoms with Crippen LogP contribution < -0.4 is 0 Å². The average Bonchev–Trinajstić information content (AvgIpc) is 3.25. The summed E-state index contributed by atoms with van der Waals surface area (Å²) >= 11 is 0. The van der Waals surface area contributed by atoms with Crippen LogP contribution in [-0.4, -0.2) is 72.2 Å². The molecule has 0 N–H and O–H groups in total. The highest BCUT2D eigenvalue weighted by molar-refractivity contribution is 5.71. The number of hydrogen-bond acceptors (Lipinski definition) is 6. The zero-order valence-corrected chi connectivity index (χ0v) is 26.7. The van der Waals surface area contributed by atoms with Crippen LogP contribution in [0, 0.1) is 40.4 Å². The molecule has 6 rings (SSSR count). The van der Waals surface area contributed by atoms with Gasteiger partial charge in [-0.05, 0) is 126 Å². The van der Waals surface area contributed by atoms with Crippen LogP contribution in [0.2, 0.25) is 0 Å². The van der Waals surface area contributed by atoms with Crippen LogP contribution in [0.15, 0.2) is 0 Å². The van der Waals surface area contributed by atoms with Gasteiger partial charge in [0.05, 0.1) is 5.92 Å². The van der Waals surface area contributed by atoms with Crippen molar-refractivity contribution in [3.05, 3.63) is 0 Å². The molecule has 0 unspecified atom stereocenters. The van der Waals surface area contributed by atoms with Crippen molar-refractivity contribution < 1.29 is 19.1 Å². The summed E-state index contributed by atoms with van der Waals surface area (Å²) in [5, 5.41) is 0. The number of carbonyl (C=O) groups is 2. The predicted molar refractivity (Wildman–Crippen MR) is 161 cm³/mol. The second-order valence-electron chi connectivity index (χ2n) is 15.9. The van der Waals surface area contributed by atoms with Crippen molar-refractivity contribution in [3.8, 4) is 0 Å². The Balaban J connectivity index is 1.27. The first-order chi connectivity index (χ1) is 19.6. The van der Waals surface area contributed by atoms with E-state index >= 15 is 0 Å². The number of fused-ring (bicyclic) bond motifs is 5. The first kappa shape index (κ1) is 29.9. The summed E-state index contributed by atoms with van der Waals surface area (Å²) in [7, 11) is 0. The van der Waals surface area contributed by atoms with Crippen molar-refractivity contribution in [2.45, 2.75) is 142 Å². The third kappa shape index (κ3) is 5.40. The Morgan fingerprint density at radius 3 is 2.00 bits per heavy atom. The summed E-state index contributed by atoms with van der Waals surface area (Å²) in [5.74, 6) is 2.48. The van der Waals surface area contributed by atoms with Gasteiger partial charge in [-0.2, -0.15) is 0 Å². The van der Waals surface area contributed by atoms with Gasteiger partial charge in [-0.25, -0.2) is 0 Å². The number of esters is 2. The van der Waals surface area contributed by atoms with Gasteiger partial charge in [-0.1, -0.05) is 40.5 Å². The normalized spacial score (nSPS) is 45.4. The van der Waals surface area contributed by atoms with Gasteiger partial charge < -0.3 is 9.47 Å². The molecule has 0 bridgehead atoms. The highest BCUT2D eigenvalue weighted by atomic mass is 16.5. The summed E-state index contributed by atoms with van der Waals surface area (Å²) in [6.07, 6.45) is 16.2. The minimum Gasteiger partial charge on any atom is -0.460 e. The number of carbonyl (C=O) groups excluding carboxylic acids is 2. The van der Waals surface area contributed by atoms with Crippen LogP contribution in [0.3, 0.4) is 0 Å². The van der Waals surface area contributed by atoms with Crippen LogP contribution in [0.1, 0.15) is 118 Å². The molecule has 6 fully saturated rings. The molecule has 10 atom stereocenters. The van der Waals surface area contributed by atoms with E-state index in [0.717, 1.165) is 32.6 Å². The molecule has 4 aliphatic carbocycles. The maximum absolute atomic E-state index is 12.9. The van der Waals surface area contributed by atoms with Gasteiger partial charge in [0.1, 0.15) is 12.2 Å². The summed E-state index contributed by atoms with van der Waals surface area (Å²) in [4.78, 5) is 30.7. The maximum Gasteiger partial charge on any atom is 0.308 e. The van der Waals surface area contributed by atoms with E-state index in [1.807, 2.05) is 13.8 Å². The van der Waals surface area contributed by atoms with Crippen LogP contribution in [0.25, 0.3) is 0 Å². The highest BCUT2D eigenvalue weighted by Crippen LogP contribution is 2.67. The van der Waals surface area contributed by atoms with Crippen LogP contribution in [0.5, 0.6) is 0 Å². The number of nitrogens with zero attached hydrogens (tertiary/aromatic N) is 2. The fourth-order valence-electron chi connectivity index (χ4n) is 11.2. The molecule has 0 radical (unpaired) electrons. The zero-order chi connectivity index (χ0) is 28.9. The summed E-state index contributed by atoms with van der Waals surface area (Å²) in [5.41, 5.74) is 0.363. The first-order valence-electron chi connectivity index (χ1n) is 17.5. The van der Waals surface area contributed by atoms with Gasteiger partial charge in [0.15, 0.2) is 0 Å². The molecule has 0 amide bonds. The number of piperidine rings is 2. The van der Waals surface area contributed by atoms with Crippen LogP contribution in [0.4, 0.5) is 0 Å². The lowest BCUT2D eigenvalue weighted by molar-refractivity contribution is -0.183. The Kier molecular flexibility index (Phi) is 8.57. The average molecular weight is 571 g/mol. The van der Waals surface area contributed by atoms with E-state index < -0.39 is 0 Å². The summed E-state index contributed by atoms with van der Waals surface area (Å²) < 4.78 is 12.6. The highest BCUT2D eigenvalue weighted by Gasteiger charge is 2.65. The first-order valence-corrected chi connectivity index (χ1v) is 17.5. The molecule has 0 spiro atoms. The van der Waals surface area contributed by atoms with Gasteiger partial charge in [0, 0.05) is 24.4 Å². The number of hydrogen-bond donors (Lipinski definition) is 0. The molecule has 6 heteroatoms. The Bertz CT molecular complexity index is 958. The molecule has 0 aromatic rings. The standard InChI is InChI=1S/C35H58N2O4/c1-23(2)33(39)41-31-20-25-12-13-26-27(35(25,5)22-30(31)37-18-10-7-11-19-37)14-15-34(4)28(26)21-29(32(34)40-24(3)38)36-16-8-6-9-17-36/h23,25-32H,6-22H2,1-5H3/t25-,26+,27-,28-,29-,30-,31-,32-,34-,35-/m0/s1. The molecule has 6 aliphatic rings. The third-order valence-corrected chi connectivity index (χ3v) is 13.3.